The van der Waals surface area contributed by atoms with Crippen molar-refractivity contribution in [2.75, 3.05) is 11.9 Å². The third-order valence-corrected chi connectivity index (χ3v) is 4.57. The first-order valence-electron chi connectivity index (χ1n) is 7.28. The van der Waals surface area contributed by atoms with Gasteiger partial charge in [0.25, 0.3) is 0 Å². The Morgan fingerprint density at radius 2 is 2.10 bits per heavy atom. The molecule has 4 nitrogen and oxygen atoms in total. The van der Waals surface area contributed by atoms with Crippen molar-refractivity contribution in [3.63, 3.8) is 0 Å². The van der Waals surface area contributed by atoms with Gasteiger partial charge < -0.3 is 11.1 Å². The van der Waals surface area contributed by atoms with Crippen molar-refractivity contribution in [1.29, 1.82) is 5.26 Å². The van der Waals surface area contributed by atoms with Crippen molar-refractivity contribution in [2.45, 2.75) is 38.5 Å². The minimum Gasteiger partial charge on any atom is -0.330 e. The summed E-state index contributed by atoms with van der Waals surface area (Å²) >= 11 is 6.07. The minimum absolute atomic E-state index is 0.0612. The van der Waals surface area contributed by atoms with Gasteiger partial charge in [-0.15, -0.1) is 0 Å². The first kappa shape index (κ1) is 15.8. The SMILES string of the molecule is N#Cc1ccc(NC(=O)CC2(CN)CCCCC2)c(Cl)c1. The number of carbonyl (C=O) groups excluding carboxylic acids is 1. The molecule has 1 fully saturated rings. The second-order valence-electron chi connectivity index (χ2n) is 5.80. The number of hydrogen-bond acceptors (Lipinski definition) is 3. The Kier molecular flexibility index (Phi) is 5.22. The van der Waals surface area contributed by atoms with E-state index in [0.29, 0.717) is 29.2 Å². The van der Waals surface area contributed by atoms with Crippen molar-refractivity contribution in [2.24, 2.45) is 11.1 Å². The number of nitrogens with two attached hydrogens (primary N) is 1. The Labute approximate surface area is 130 Å². The number of carbonyl (C=O) groups is 1. The molecule has 2 rings (SSSR count). The number of nitrogens with one attached hydrogen (secondary N) is 1. The molecule has 0 aliphatic heterocycles. The number of benzene rings is 1. The Morgan fingerprint density at radius 3 is 2.67 bits per heavy atom. The highest BCUT2D eigenvalue weighted by molar-refractivity contribution is 6.33. The highest BCUT2D eigenvalue weighted by Gasteiger charge is 2.33. The summed E-state index contributed by atoms with van der Waals surface area (Å²) in [6, 6.07) is 6.87. The van der Waals surface area contributed by atoms with E-state index in [0.717, 1.165) is 25.7 Å². The number of amides is 1. The summed E-state index contributed by atoms with van der Waals surface area (Å²) in [5, 5.41) is 12.0. The van der Waals surface area contributed by atoms with Crippen molar-refractivity contribution in [3.05, 3.63) is 28.8 Å². The van der Waals surface area contributed by atoms with Crippen LogP contribution >= 0.6 is 11.6 Å². The van der Waals surface area contributed by atoms with Crippen LogP contribution < -0.4 is 11.1 Å². The van der Waals surface area contributed by atoms with E-state index >= 15 is 0 Å². The van der Waals surface area contributed by atoms with Gasteiger partial charge in [-0.1, -0.05) is 30.9 Å². The first-order valence-corrected chi connectivity index (χ1v) is 7.66. The normalized spacial score (nSPS) is 17.0. The summed E-state index contributed by atoms with van der Waals surface area (Å²) in [5.41, 5.74) is 6.86. The summed E-state index contributed by atoms with van der Waals surface area (Å²) in [7, 11) is 0. The molecule has 1 aromatic rings. The van der Waals surface area contributed by atoms with Crippen LogP contribution in [0.25, 0.3) is 0 Å². The molecular weight excluding hydrogens is 286 g/mol. The zero-order valence-electron chi connectivity index (χ0n) is 12.0. The van der Waals surface area contributed by atoms with E-state index in [-0.39, 0.29) is 11.3 Å². The molecule has 0 saturated heterocycles. The van der Waals surface area contributed by atoms with Gasteiger partial charge in [0.05, 0.1) is 22.3 Å². The van der Waals surface area contributed by atoms with Crippen molar-refractivity contribution in [3.8, 4) is 6.07 Å². The van der Waals surface area contributed by atoms with Crippen LogP contribution in [-0.4, -0.2) is 12.5 Å². The van der Waals surface area contributed by atoms with Crippen LogP contribution in [-0.2, 0) is 4.79 Å². The van der Waals surface area contributed by atoms with Crippen molar-refractivity contribution >= 4 is 23.2 Å². The number of halogens is 1. The molecular formula is C16H20ClN3O. The van der Waals surface area contributed by atoms with Gasteiger partial charge in [0.2, 0.25) is 5.91 Å². The predicted octanol–water partition coefficient (Wildman–Crippen LogP) is 3.45. The largest absolute Gasteiger partial charge is 0.330 e. The lowest BCUT2D eigenvalue weighted by Gasteiger charge is -2.35. The zero-order valence-corrected chi connectivity index (χ0v) is 12.7. The van der Waals surface area contributed by atoms with E-state index < -0.39 is 0 Å². The maximum atomic E-state index is 12.3. The molecule has 1 saturated carbocycles. The summed E-state index contributed by atoms with van der Waals surface area (Å²) < 4.78 is 0. The number of hydrogen-bond donors (Lipinski definition) is 2. The average molecular weight is 306 g/mol. The van der Waals surface area contributed by atoms with Gasteiger partial charge in [-0.2, -0.15) is 5.26 Å². The molecule has 5 heteroatoms. The third kappa shape index (κ3) is 3.96. The first-order chi connectivity index (χ1) is 10.1. The Morgan fingerprint density at radius 1 is 1.38 bits per heavy atom. The standard InChI is InChI=1S/C16H20ClN3O/c17-13-8-12(10-18)4-5-14(13)20-15(21)9-16(11-19)6-2-1-3-7-16/h4-5,8H,1-3,6-7,9,11,19H2,(H,20,21). The summed E-state index contributed by atoms with van der Waals surface area (Å²) in [5.74, 6) is -0.0612. The van der Waals surface area contributed by atoms with Crippen LogP contribution in [0.5, 0.6) is 0 Å². The van der Waals surface area contributed by atoms with Crippen LogP contribution in [0.1, 0.15) is 44.1 Å². The third-order valence-electron chi connectivity index (χ3n) is 4.26. The molecule has 1 aliphatic carbocycles. The highest BCUT2D eigenvalue weighted by Crippen LogP contribution is 2.38. The zero-order chi connectivity index (χ0) is 15.3. The second kappa shape index (κ2) is 6.93. The molecule has 0 atom stereocenters. The molecule has 0 aromatic heterocycles. The van der Waals surface area contributed by atoms with Gasteiger partial charge in [0.15, 0.2) is 0 Å². The van der Waals surface area contributed by atoms with Gasteiger partial charge >= 0.3 is 0 Å². The van der Waals surface area contributed by atoms with E-state index in [2.05, 4.69) is 5.32 Å². The van der Waals surface area contributed by atoms with E-state index in [1.54, 1.807) is 18.2 Å². The van der Waals surface area contributed by atoms with Gasteiger partial charge in [-0.25, -0.2) is 0 Å². The number of nitriles is 1. The molecule has 3 N–H and O–H groups in total. The minimum atomic E-state index is -0.0681. The molecule has 1 amide bonds. The molecule has 1 aromatic carbocycles. The molecule has 21 heavy (non-hydrogen) atoms. The van der Waals surface area contributed by atoms with Gasteiger partial charge in [0, 0.05) is 6.42 Å². The fraction of sp³-hybridized carbons (Fsp3) is 0.500. The van der Waals surface area contributed by atoms with E-state index in [1.807, 2.05) is 6.07 Å². The predicted molar refractivity (Wildman–Crippen MR) is 84.0 cm³/mol. The maximum Gasteiger partial charge on any atom is 0.225 e. The summed E-state index contributed by atoms with van der Waals surface area (Å²) in [6.07, 6.45) is 5.96. The molecule has 0 radical (unpaired) electrons. The molecule has 0 unspecified atom stereocenters. The molecule has 1 aliphatic rings. The molecule has 0 bridgehead atoms. The van der Waals surface area contributed by atoms with E-state index in [4.69, 9.17) is 22.6 Å². The summed E-state index contributed by atoms with van der Waals surface area (Å²) in [4.78, 5) is 12.3. The Bertz CT molecular complexity index is 559. The van der Waals surface area contributed by atoms with Gasteiger partial charge in [-0.05, 0) is 43.0 Å². The molecule has 0 heterocycles. The quantitative estimate of drug-likeness (QED) is 0.894. The highest BCUT2D eigenvalue weighted by atomic mass is 35.5. The lowest BCUT2D eigenvalue weighted by atomic mass is 9.71. The maximum absolute atomic E-state index is 12.3. The van der Waals surface area contributed by atoms with E-state index in [1.165, 1.54) is 6.42 Å². The van der Waals surface area contributed by atoms with Gasteiger partial charge in [0.1, 0.15) is 0 Å². The fourth-order valence-electron chi connectivity index (χ4n) is 2.98. The van der Waals surface area contributed by atoms with Crippen LogP contribution in [0.2, 0.25) is 5.02 Å². The second-order valence-corrected chi connectivity index (χ2v) is 6.20. The van der Waals surface area contributed by atoms with Crippen LogP contribution in [0.3, 0.4) is 0 Å². The van der Waals surface area contributed by atoms with Gasteiger partial charge in [-0.3, -0.25) is 4.79 Å². The number of anilines is 1. The lowest BCUT2D eigenvalue weighted by molar-refractivity contribution is -0.118. The number of rotatable bonds is 4. The summed E-state index contributed by atoms with van der Waals surface area (Å²) in [6.45, 7) is 0.543. The fourth-order valence-corrected chi connectivity index (χ4v) is 3.20. The Balaban J connectivity index is 2.03. The monoisotopic (exact) mass is 305 g/mol. The van der Waals surface area contributed by atoms with Crippen LogP contribution in [0, 0.1) is 16.7 Å². The molecule has 112 valence electrons. The van der Waals surface area contributed by atoms with Crippen LogP contribution in [0.4, 0.5) is 5.69 Å². The van der Waals surface area contributed by atoms with Crippen LogP contribution in [0.15, 0.2) is 18.2 Å². The van der Waals surface area contributed by atoms with Crippen molar-refractivity contribution < 1.29 is 4.79 Å². The van der Waals surface area contributed by atoms with Crippen molar-refractivity contribution in [1.82, 2.24) is 0 Å². The van der Waals surface area contributed by atoms with E-state index in [9.17, 15) is 4.79 Å². The topological polar surface area (TPSA) is 78.9 Å². The molecule has 0 spiro atoms. The Hall–Kier alpha value is -1.57. The lowest BCUT2D eigenvalue weighted by Crippen LogP contribution is -2.36. The number of nitrogens with zero attached hydrogens (tertiary/aromatic N) is 1. The average Bonchev–Trinajstić information content (AvgIpc) is 2.50. The smallest absolute Gasteiger partial charge is 0.225 e.